The van der Waals surface area contributed by atoms with E-state index in [-0.39, 0.29) is 18.1 Å². The number of carbonyl (C=O) groups is 1. The topological polar surface area (TPSA) is 100 Å². The lowest BCUT2D eigenvalue weighted by Crippen LogP contribution is -2.16. The van der Waals surface area contributed by atoms with E-state index in [9.17, 15) is 9.90 Å². The zero-order chi connectivity index (χ0) is 14.0. The van der Waals surface area contributed by atoms with Crippen molar-refractivity contribution in [2.45, 2.75) is 6.92 Å². The van der Waals surface area contributed by atoms with Crippen molar-refractivity contribution in [3.63, 3.8) is 0 Å². The SMILES string of the molecule is CC(CO)CNc1c(C(=O)O)cnc2c1cnn2C. The zero-order valence-electron chi connectivity index (χ0n) is 10.8. The van der Waals surface area contributed by atoms with Crippen LogP contribution in [0.1, 0.15) is 17.3 Å². The maximum atomic E-state index is 11.2. The number of pyridine rings is 1. The Bertz CT molecular complexity index is 608. The van der Waals surface area contributed by atoms with Gasteiger partial charge in [0.05, 0.1) is 17.3 Å². The first-order chi connectivity index (χ1) is 9.04. The Balaban J connectivity index is 2.47. The molecule has 1 unspecified atom stereocenters. The maximum absolute atomic E-state index is 11.2. The summed E-state index contributed by atoms with van der Waals surface area (Å²) in [6, 6.07) is 0. The van der Waals surface area contributed by atoms with Crippen LogP contribution in [0.25, 0.3) is 11.0 Å². The van der Waals surface area contributed by atoms with Gasteiger partial charge in [0.1, 0.15) is 5.56 Å². The van der Waals surface area contributed by atoms with Gasteiger partial charge in [-0.3, -0.25) is 4.68 Å². The molecule has 0 aliphatic rings. The Hall–Kier alpha value is -2.15. The van der Waals surface area contributed by atoms with Crippen LogP contribution in [0.2, 0.25) is 0 Å². The molecule has 3 N–H and O–H groups in total. The largest absolute Gasteiger partial charge is 0.478 e. The molecule has 7 heteroatoms. The van der Waals surface area contributed by atoms with E-state index in [1.54, 1.807) is 17.9 Å². The highest BCUT2D eigenvalue weighted by Crippen LogP contribution is 2.25. The van der Waals surface area contributed by atoms with Crippen molar-refractivity contribution in [1.82, 2.24) is 14.8 Å². The summed E-state index contributed by atoms with van der Waals surface area (Å²) in [5, 5.41) is 26.0. The molecule has 0 radical (unpaired) electrons. The highest BCUT2D eigenvalue weighted by molar-refractivity contribution is 6.03. The van der Waals surface area contributed by atoms with Gasteiger partial charge in [0.15, 0.2) is 5.65 Å². The first-order valence-corrected chi connectivity index (χ1v) is 5.93. The Morgan fingerprint density at radius 3 is 2.89 bits per heavy atom. The number of carboxylic acid groups (broad SMARTS) is 1. The molecule has 2 aromatic rings. The smallest absolute Gasteiger partial charge is 0.339 e. The third-order valence-electron chi connectivity index (χ3n) is 2.93. The molecule has 102 valence electrons. The van der Waals surface area contributed by atoms with E-state index in [4.69, 9.17) is 5.11 Å². The van der Waals surface area contributed by atoms with Crippen LogP contribution in [0.4, 0.5) is 5.69 Å². The minimum atomic E-state index is -1.04. The zero-order valence-corrected chi connectivity index (χ0v) is 10.8. The number of aromatic carboxylic acids is 1. The van der Waals surface area contributed by atoms with Crippen LogP contribution in [0.3, 0.4) is 0 Å². The molecule has 0 amide bonds. The van der Waals surface area contributed by atoms with Gasteiger partial charge in [-0.25, -0.2) is 9.78 Å². The van der Waals surface area contributed by atoms with E-state index in [2.05, 4.69) is 15.4 Å². The van der Waals surface area contributed by atoms with Gasteiger partial charge in [0, 0.05) is 26.4 Å². The molecule has 1 atom stereocenters. The fraction of sp³-hybridized carbons (Fsp3) is 0.417. The Kier molecular flexibility index (Phi) is 3.66. The van der Waals surface area contributed by atoms with Crippen LogP contribution >= 0.6 is 0 Å². The van der Waals surface area contributed by atoms with Crippen LogP contribution in [0.15, 0.2) is 12.4 Å². The molecule has 0 aromatic carbocycles. The van der Waals surface area contributed by atoms with Crippen molar-refractivity contribution < 1.29 is 15.0 Å². The van der Waals surface area contributed by atoms with Crippen LogP contribution in [0, 0.1) is 5.92 Å². The second-order valence-electron chi connectivity index (χ2n) is 4.53. The van der Waals surface area contributed by atoms with E-state index in [1.807, 2.05) is 6.92 Å². The number of aliphatic hydroxyl groups is 1. The summed E-state index contributed by atoms with van der Waals surface area (Å²) in [7, 11) is 1.75. The third kappa shape index (κ3) is 2.50. The molecule has 2 aromatic heterocycles. The molecule has 0 saturated carbocycles. The highest BCUT2D eigenvalue weighted by Gasteiger charge is 2.17. The maximum Gasteiger partial charge on any atom is 0.339 e. The van der Waals surface area contributed by atoms with Gasteiger partial charge in [-0.15, -0.1) is 0 Å². The van der Waals surface area contributed by atoms with Gasteiger partial charge >= 0.3 is 5.97 Å². The lowest BCUT2D eigenvalue weighted by molar-refractivity contribution is 0.0697. The summed E-state index contributed by atoms with van der Waals surface area (Å²) < 4.78 is 1.58. The molecular formula is C12H16N4O3. The Morgan fingerprint density at radius 1 is 1.53 bits per heavy atom. The van der Waals surface area contributed by atoms with Gasteiger partial charge in [-0.2, -0.15) is 5.10 Å². The van der Waals surface area contributed by atoms with Gasteiger partial charge in [-0.1, -0.05) is 6.92 Å². The summed E-state index contributed by atoms with van der Waals surface area (Å²) in [6.45, 7) is 2.39. The van der Waals surface area contributed by atoms with Crippen molar-refractivity contribution in [3.8, 4) is 0 Å². The van der Waals surface area contributed by atoms with E-state index in [0.29, 0.717) is 23.3 Å². The van der Waals surface area contributed by atoms with Crippen molar-refractivity contribution >= 4 is 22.7 Å². The number of rotatable bonds is 5. The first kappa shape index (κ1) is 13.3. The third-order valence-corrected chi connectivity index (χ3v) is 2.93. The number of nitrogens with one attached hydrogen (secondary N) is 1. The van der Waals surface area contributed by atoms with E-state index >= 15 is 0 Å². The number of anilines is 1. The van der Waals surface area contributed by atoms with E-state index in [1.165, 1.54) is 6.20 Å². The van der Waals surface area contributed by atoms with Crippen molar-refractivity contribution in [2.24, 2.45) is 13.0 Å². The lowest BCUT2D eigenvalue weighted by atomic mass is 10.1. The average molecular weight is 264 g/mol. The lowest BCUT2D eigenvalue weighted by Gasteiger charge is -2.13. The minimum absolute atomic E-state index is 0.0292. The molecule has 7 nitrogen and oxygen atoms in total. The molecule has 0 aliphatic heterocycles. The van der Waals surface area contributed by atoms with Crippen molar-refractivity contribution in [1.29, 1.82) is 0 Å². The van der Waals surface area contributed by atoms with Gasteiger partial charge in [-0.05, 0) is 5.92 Å². The fourth-order valence-corrected chi connectivity index (χ4v) is 1.79. The second-order valence-corrected chi connectivity index (χ2v) is 4.53. The predicted molar refractivity (Wildman–Crippen MR) is 70.2 cm³/mol. The van der Waals surface area contributed by atoms with Crippen molar-refractivity contribution in [2.75, 3.05) is 18.5 Å². The fourth-order valence-electron chi connectivity index (χ4n) is 1.79. The Morgan fingerprint density at radius 2 is 2.26 bits per heavy atom. The molecule has 0 bridgehead atoms. The van der Waals surface area contributed by atoms with Gasteiger partial charge in [0.2, 0.25) is 0 Å². The highest BCUT2D eigenvalue weighted by atomic mass is 16.4. The molecule has 19 heavy (non-hydrogen) atoms. The molecule has 0 fully saturated rings. The van der Waals surface area contributed by atoms with E-state index in [0.717, 1.165) is 0 Å². The van der Waals surface area contributed by atoms with Crippen LogP contribution < -0.4 is 5.32 Å². The van der Waals surface area contributed by atoms with Crippen LogP contribution in [-0.2, 0) is 7.05 Å². The standard InChI is InChI=1S/C12H16N4O3/c1-7(6-17)3-13-10-8-5-15-16(2)11(8)14-4-9(10)12(18)19/h4-5,7,17H,3,6H2,1-2H3,(H,13,14)(H,18,19). The number of nitrogens with zero attached hydrogens (tertiary/aromatic N) is 3. The molecule has 0 saturated heterocycles. The number of aryl methyl sites for hydroxylation is 1. The predicted octanol–water partition coefficient (Wildman–Crippen LogP) is 0.707. The normalized spacial score (nSPS) is 12.6. The number of carboxylic acids is 1. The second kappa shape index (κ2) is 5.23. The summed E-state index contributed by atoms with van der Waals surface area (Å²) in [5.41, 5.74) is 1.21. The van der Waals surface area contributed by atoms with Gasteiger partial charge < -0.3 is 15.5 Å². The number of hydrogen-bond donors (Lipinski definition) is 3. The first-order valence-electron chi connectivity index (χ1n) is 5.93. The number of fused-ring (bicyclic) bond motifs is 1. The average Bonchev–Trinajstić information content (AvgIpc) is 2.77. The quantitative estimate of drug-likeness (QED) is 0.735. The summed E-state index contributed by atoms with van der Waals surface area (Å²) in [5.74, 6) is -1.01. The van der Waals surface area contributed by atoms with E-state index < -0.39 is 5.97 Å². The molecular weight excluding hydrogens is 248 g/mol. The summed E-state index contributed by atoms with van der Waals surface area (Å²) >= 11 is 0. The molecule has 0 spiro atoms. The summed E-state index contributed by atoms with van der Waals surface area (Å²) in [6.07, 6.45) is 2.90. The minimum Gasteiger partial charge on any atom is -0.478 e. The number of hydrogen-bond acceptors (Lipinski definition) is 5. The summed E-state index contributed by atoms with van der Waals surface area (Å²) in [4.78, 5) is 15.3. The molecule has 2 rings (SSSR count). The Labute approximate surface area is 109 Å². The van der Waals surface area contributed by atoms with Gasteiger partial charge in [0.25, 0.3) is 0 Å². The van der Waals surface area contributed by atoms with Crippen LogP contribution in [0.5, 0.6) is 0 Å². The van der Waals surface area contributed by atoms with Crippen molar-refractivity contribution in [3.05, 3.63) is 18.0 Å². The number of aromatic nitrogens is 3. The molecule has 2 heterocycles. The van der Waals surface area contributed by atoms with Crippen LogP contribution in [-0.4, -0.2) is 44.1 Å². The molecule has 0 aliphatic carbocycles. The monoisotopic (exact) mass is 264 g/mol. The number of aliphatic hydroxyl groups excluding tert-OH is 1.